The zero-order valence-electron chi connectivity index (χ0n) is 12.4. The average Bonchev–Trinajstić information content (AvgIpc) is 3.28. The summed E-state index contributed by atoms with van der Waals surface area (Å²) >= 11 is 0. The van der Waals surface area contributed by atoms with E-state index in [0.717, 1.165) is 18.4 Å². The predicted octanol–water partition coefficient (Wildman–Crippen LogP) is 1.04. The Morgan fingerprint density at radius 1 is 1.29 bits per heavy atom. The maximum atomic E-state index is 12.2. The molecule has 1 aliphatic rings. The van der Waals surface area contributed by atoms with E-state index < -0.39 is 5.54 Å². The van der Waals surface area contributed by atoms with Gasteiger partial charge in [0.1, 0.15) is 5.54 Å². The highest BCUT2D eigenvalue weighted by molar-refractivity contribution is 5.87. The number of amides is 2. The molecular weight excluding hydrogens is 266 g/mol. The van der Waals surface area contributed by atoms with Crippen LogP contribution in [0.15, 0.2) is 30.3 Å². The molecule has 1 aromatic carbocycles. The first kappa shape index (κ1) is 15.5. The number of hydrogen-bond donors (Lipinski definition) is 3. The maximum Gasteiger partial charge on any atom is 0.244 e. The lowest BCUT2D eigenvalue weighted by atomic mass is 9.92. The number of benzene rings is 1. The number of nitrogens with two attached hydrogens (primary N) is 1. The molecule has 0 heterocycles. The predicted molar refractivity (Wildman–Crippen MR) is 81.4 cm³/mol. The standard InChI is InChI=1S/C16H23N3O2/c1-16(17,12-6-3-2-4-7-12)15(21)18-11-5-8-14(20)19-13-9-10-13/h2-4,6-7,13H,5,8-11,17H2,1H3,(H,18,21)(H,19,20). The summed E-state index contributed by atoms with van der Waals surface area (Å²) < 4.78 is 0. The van der Waals surface area contributed by atoms with Gasteiger partial charge in [0.25, 0.3) is 0 Å². The minimum Gasteiger partial charge on any atom is -0.354 e. The van der Waals surface area contributed by atoms with E-state index in [-0.39, 0.29) is 11.8 Å². The molecule has 0 saturated heterocycles. The highest BCUT2D eigenvalue weighted by atomic mass is 16.2. The molecule has 1 saturated carbocycles. The van der Waals surface area contributed by atoms with Gasteiger partial charge in [-0.2, -0.15) is 0 Å². The van der Waals surface area contributed by atoms with Crippen LogP contribution >= 0.6 is 0 Å². The normalized spacial score (nSPS) is 16.9. The Bertz CT molecular complexity index is 496. The van der Waals surface area contributed by atoms with Gasteiger partial charge in [0.2, 0.25) is 11.8 Å². The summed E-state index contributed by atoms with van der Waals surface area (Å²) in [4.78, 5) is 23.7. The molecule has 21 heavy (non-hydrogen) atoms. The molecule has 0 bridgehead atoms. The number of hydrogen-bond acceptors (Lipinski definition) is 3. The van der Waals surface area contributed by atoms with Gasteiger partial charge in [0.05, 0.1) is 0 Å². The van der Waals surface area contributed by atoms with E-state index in [1.807, 2.05) is 30.3 Å². The summed E-state index contributed by atoms with van der Waals surface area (Å²) in [7, 11) is 0. The first-order valence-corrected chi connectivity index (χ1v) is 7.42. The SMILES string of the molecule is CC(N)(C(=O)NCCCC(=O)NC1CC1)c1ccccc1. The zero-order chi connectivity index (χ0) is 15.3. The molecule has 114 valence electrons. The molecule has 0 radical (unpaired) electrons. The van der Waals surface area contributed by atoms with E-state index in [9.17, 15) is 9.59 Å². The fraction of sp³-hybridized carbons (Fsp3) is 0.500. The van der Waals surface area contributed by atoms with Crippen molar-refractivity contribution in [3.63, 3.8) is 0 Å². The van der Waals surface area contributed by atoms with E-state index in [4.69, 9.17) is 5.73 Å². The van der Waals surface area contributed by atoms with Crippen molar-refractivity contribution in [3.05, 3.63) is 35.9 Å². The van der Waals surface area contributed by atoms with Gasteiger partial charge in [0.15, 0.2) is 0 Å². The molecule has 1 atom stereocenters. The second-order valence-electron chi connectivity index (χ2n) is 5.77. The summed E-state index contributed by atoms with van der Waals surface area (Å²) in [6.45, 7) is 2.15. The van der Waals surface area contributed by atoms with Gasteiger partial charge in [0, 0.05) is 19.0 Å². The Balaban J connectivity index is 1.72. The topological polar surface area (TPSA) is 84.2 Å². The first-order valence-electron chi connectivity index (χ1n) is 7.42. The van der Waals surface area contributed by atoms with Crippen LogP contribution in [-0.2, 0) is 15.1 Å². The van der Waals surface area contributed by atoms with Crippen molar-refractivity contribution in [1.29, 1.82) is 0 Å². The average molecular weight is 289 g/mol. The molecule has 1 unspecified atom stereocenters. The van der Waals surface area contributed by atoms with Gasteiger partial charge in [-0.15, -0.1) is 0 Å². The number of carbonyl (C=O) groups excluding carboxylic acids is 2. The second kappa shape index (κ2) is 6.72. The molecule has 0 spiro atoms. The van der Waals surface area contributed by atoms with Crippen molar-refractivity contribution < 1.29 is 9.59 Å². The van der Waals surface area contributed by atoms with Gasteiger partial charge >= 0.3 is 0 Å². The van der Waals surface area contributed by atoms with Crippen molar-refractivity contribution in [2.45, 2.75) is 44.2 Å². The molecule has 1 fully saturated rings. The van der Waals surface area contributed by atoms with Crippen LogP contribution in [-0.4, -0.2) is 24.4 Å². The van der Waals surface area contributed by atoms with E-state index in [2.05, 4.69) is 10.6 Å². The second-order valence-corrected chi connectivity index (χ2v) is 5.77. The largest absolute Gasteiger partial charge is 0.354 e. The van der Waals surface area contributed by atoms with Crippen LogP contribution in [0.4, 0.5) is 0 Å². The van der Waals surface area contributed by atoms with Gasteiger partial charge in [-0.1, -0.05) is 30.3 Å². The minimum atomic E-state index is -1.06. The zero-order valence-corrected chi connectivity index (χ0v) is 12.4. The molecule has 5 heteroatoms. The molecule has 5 nitrogen and oxygen atoms in total. The highest BCUT2D eigenvalue weighted by Crippen LogP contribution is 2.19. The molecular formula is C16H23N3O2. The van der Waals surface area contributed by atoms with E-state index in [1.165, 1.54) is 0 Å². The molecule has 0 aromatic heterocycles. The molecule has 0 aliphatic heterocycles. The summed E-state index contributed by atoms with van der Waals surface area (Å²) in [5.41, 5.74) is 5.82. The summed E-state index contributed by atoms with van der Waals surface area (Å²) in [6, 6.07) is 9.66. The maximum absolute atomic E-state index is 12.2. The van der Waals surface area contributed by atoms with Crippen LogP contribution in [0.1, 0.15) is 38.2 Å². The van der Waals surface area contributed by atoms with Crippen LogP contribution < -0.4 is 16.4 Å². The van der Waals surface area contributed by atoms with Crippen molar-refractivity contribution in [2.75, 3.05) is 6.54 Å². The van der Waals surface area contributed by atoms with Crippen molar-refractivity contribution >= 4 is 11.8 Å². The van der Waals surface area contributed by atoms with Crippen LogP contribution in [0.2, 0.25) is 0 Å². The van der Waals surface area contributed by atoms with Crippen molar-refractivity contribution in [1.82, 2.24) is 10.6 Å². The number of carbonyl (C=O) groups is 2. The third-order valence-corrected chi connectivity index (χ3v) is 3.65. The fourth-order valence-corrected chi connectivity index (χ4v) is 2.08. The Morgan fingerprint density at radius 2 is 1.95 bits per heavy atom. The molecule has 2 rings (SSSR count). The number of rotatable bonds is 7. The lowest BCUT2D eigenvalue weighted by Gasteiger charge is -2.24. The quantitative estimate of drug-likeness (QED) is 0.656. The molecule has 1 aromatic rings. The Labute approximate surface area is 125 Å². The Morgan fingerprint density at radius 3 is 2.57 bits per heavy atom. The first-order chi connectivity index (χ1) is 10.00. The smallest absolute Gasteiger partial charge is 0.244 e. The number of nitrogens with one attached hydrogen (secondary N) is 2. The molecule has 2 amide bonds. The molecule has 1 aliphatic carbocycles. The van der Waals surface area contributed by atoms with Crippen molar-refractivity contribution in [2.24, 2.45) is 5.73 Å². The van der Waals surface area contributed by atoms with E-state index >= 15 is 0 Å². The van der Waals surface area contributed by atoms with Crippen LogP contribution in [0, 0.1) is 0 Å². The fourth-order valence-electron chi connectivity index (χ4n) is 2.08. The van der Waals surface area contributed by atoms with Gasteiger partial charge in [-0.25, -0.2) is 0 Å². The lowest BCUT2D eigenvalue weighted by Crippen LogP contribution is -2.49. The van der Waals surface area contributed by atoms with E-state index in [0.29, 0.717) is 25.4 Å². The van der Waals surface area contributed by atoms with Gasteiger partial charge in [-0.3, -0.25) is 9.59 Å². The third kappa shape index (κ3) is 4.56. The Hall–Kier alpha value is -1.88. The summed E-state index contributed by atoms with van der Waals surface area (Å²) in [5, 5.41) is 5.72. The van der Waals surface area contributed by atoms with Gasteiger partial charge < -0.3 is 16.4 Å². The summed E-state index contributed by atoms with van der Waals surface area (Å²) in [6.07, 6.45) is 3.23. The van der Waals surface area contributed by atoms with E-state index in [1.54, 1.807) is 6.92 Å². The van der Waals surface area contributed by atoms with Crippen LogP contribution in [0.25, 0.3) is 0 Å². The van der Waals surface area contributed by atoms with Gasteiger partial charge in [-0.05, 0) is 31.7 Å². The summed E-state index contributed by atoms with van der Waals surface area (Å²) in [5.74, 6) is -0.165. The lowest BCUT2D eigenvalue weighted by molar-refractivity contribution is -0.126. The van der Waals surface area contributed by atoms with Crippen molar-refractivity contribution in [3.8, 4) is 0 Å². The third-order valence-electron chi connectivity index (χ3n) is 3.65. The minimum absolute atomic E-state index is 0.0605. The molecule has 4 N–H and O–H groups in total. The van der Waals surface area contributed by atoms with Crippen LogP contribution in [0.3, 0.4) is 0 Å². The highest BCUT2D eigenvalue weighted by Gasteiger charge is 2.29. The Kier molecular flexibility index (Phi) is 4.96. The monoisotopic (exact) mass is 289 g/mol. The van der Waals surface area contributed by atoms with Crippen LogP contribution in [0.5, 0.6) is 0 Å².